The molecule has 0 spiro atoms. The average Bonchev–Trinajstić information content (AvgIpc) is 3.04. The van der Waals surface area contributed by atoms with Crippen LogP contribution >= 0.6 is 11.6 Å². The minimum atomic E-state index is -0.415. The van der Waals surface area contributed by atoms with E-state index in [1.807, 2.05) is 25.1 Å². The predicted molar refractivity (Wildman–Crippen MR) is 99.1 cm³/mol. The lowest BCUT2D eigenvalue weighted by atomic mass is 10.0. The highest BCUT2D eigenvalue weighted by Gasteiger charge is 2.28. The lowest BCUT2D eigenvalue weighted by Crippen LogP contribution is -2.27. The third-order valence-electron chi connectivity index (χ3n) is 4.51. The summed E-state index contributed by atoms with van der Waals surface area (Å²) in [5.41, 5.74) is 3.55. The highest BCUT2D eigenvalue weighted by Crippen LogP contribution is 2.32. The van der Waals surface area contributed by atoms with Crippen LogP contribution in [0.25, 0.3) is 0 Å². The molecule has 5 nitrogen and oxygen atoms in total. The fraction of sp³-hybridized carbons (Fsp3) is 0.368. The van der Waals surface area contributed by atoms with Crippen LogP contribution in [0.2, 0.25) is 5.02 Å². The van der Waals surface area contributed by atoms with Crippen LogP contribution in [0.1, 0.15) is 40.4 Å². The number of hydrogen-bond acceptors (Lipinski definition) is 4. The number of benzene rings is 1. The number of aryl methyl sites for hydroxylation is 1. The molecular formula is C19H21ClN2O3. The van der Waals surface area contributed by atoms with Crippen molar-refractivity contribution in [1.82, 2.24) is 4.57 Å². The van der Waals surface area contributed by atoms with Crippen LogP contribution in [0, 0.1) is 6.92 Å². The van der Waals surface area contributed by atoms with Gasteiger partial charge in [0.25, 0.3) is 5.56 Å². The van der Waals surface area contributed by atoms with Crippen LogP contribution in [0.15, 0.2) is 23.0 Å². The first-order valence-electron chi connectivity index (χ1n) is 8.39. The molecule has 6 heteroatoms. The molecule has 0 atom stereocenters. The van der Waals surface area contributed by atoms with E-state index in [2.05, 4.69) is 5.32 Å². The molecule has 25 heavy (non-hydrogen) atoms. The zero-order valence-corrected chi connectivity index (χ0v) is 15.4. The molecule has 1 aliphatic carbocycles. The molecule has 1 aromatic heterocycles. The molecule has 0 amide bonds. The number of ether oxygens (including phenoxy) is 1. The largest absolute Gasteiger partial charge is 0.462 e. The zero-order valence-electron chi connectivity index (χ0n) is 14.6. The lowest BCUT2D eigenvalue weighted by Gasteiger charge is -2.19. The maximum absolute atomic E-state index is 12.7. The van der Waals surface area contributed by atoms with Crippen LogP contribution < -0.4 is 10.9 Å². The van der Waals surface area contributed by atoms with Crippen molar-refractivity contribution in [2.24, 2.45) is 7.05 Å². The molecule has 0 fully saturated rings. The third kappa shape index (κ3) is 3.16. The maximum atomic E-state index is 12.7. The van der Waals surface area contributed by atoms with Gasteiger partial charge in [0.1, 0.15) is 11.4 Å². The van der Waals surface area contributed by atoms with E-state index >= 15 is 0 Å². The van der Waals surface area contributed by atoms with Gasteiger partial charge in [-0.1, -0.05) is 17.7 Å². The van der Waals surface area contributed by atoms with Crippen molar-refractivity contribution >= 4 is 29.1 Å². The second-order valence-electron chi connectivity index (χ2n) is 6.23. The van der Waals surface area contributed by atoms with Gasteiger partial charge < -0.3 is 10.1 Å². The molecular weight excluding hydrogens is 340 g/mol. The number of fused-ring (bicyclic) bond motifs is 1. The van der Waals surface area contributed by atoms with Gasteiger partial charge in [-0.3, -0.25) is 9.36 Å². The highest BCUT2D eigenvalue weighted by atomic mass is 35.5. The highest BCUT2D eigenvalue weighted by molar-refractivity contribution is 6.33. The Morgan fingerprint density at radius 3 is 2.72 bits per heavy atom. The molecule has 1 aliphatic rings. The number of esters is 1. The van der Waals surface area contributed by atoms with E-state index in [4.69, 9.17) is 16.3 Å². The predicted octanol–water partition coefficient (Wildman–Crippen LogP) is 3.76. The Morgan fingerprint density at radius 2 is 2.04 bits per heavy atom. The molecule has 0 unspecified atom stereocenters. The van der Waals surface area contributed by atoms with Gasteiger partial charge in [0.15, 0.2) is 0 Å². The second-order valence-corrected chi connectivity index (χ2v) is 6.63. The van der Waals surface area contributed by atoms with Crippen LogP contribution in [0.4, 0.5) is 11.5 Å². The van der Waals surface area contributed by atoms with E-state index in [9.17, 15) is 9.59 Å². The summed E-state index contributed by atoms with van der Waals surface area (Å²) in [6, 6.07) is 5.59. The minimum Gasteiger partial charge on any atom is -0.462 e. The number of carbonyl (C=O) groups excluding carboxylic acids is 1. The van der Waals surface area contributed by atoms with Gasteiger partial charge in [0.05, 0.1) is 17.3 Å². The van der Waals surface area contributed by atoms with Crippen molar-refractivity contribution in [1.29, 1.82) is 0 Å². The van der Waals surface area contributed by atoms with Gasteiger partial charge in [-0.15, -0.1) is 0 Å². The molecule has 3 rings (SSSR count). The van der Waals surface area contributed by atoms with Gasteiger partial charge >= 0.3 is 5.97 Å². The molecule has 0 aliphatic heterocycles. The smallest absolute Gasteiger partial charge is 0.342 e. The summed E-state index contributed by atoms with van der Waals surface area (Å²) in [6.45, 7) is 4.00. The van der Waals surface area contributed by atoms with Crippen LogP contribution in [0.3, 0.4) is 0 Å². The Hall–Kier alpha value is -2.27. The van der Waals surface area contributed by atoms with Crippen molar-refractivity contribution in [3.63, 3.8) is 0 Å². The van der Waals surface area contributed by atoms with Crippen LogP contribution in [-0.4, -0.2) is 17.1 Å². The van der Waals surface area contributed by atoms with Crippen molar-refractivity contribution < 1.29 is 9.53 Å². The van der Waals surface area contributed by atoms with Crippen molar-refractivity contribution in [3.8, 4) is 0 Å². The summed E-state index contributed by atoms with van der Waals surface area (Å²) in [5.74, 6) is 0.0110. The summed E-state index contributed by atoms with van der Waals surface area (Å²) in [4.78, 5) is 25.3. The van der Waals surface area contributed by atoms with Gasteiger partial charge in [0, 0.05) is 12.6 Å². The number of rotatable bonds is 4. The average molecular weight is 361 g/mol. The molecule has 1 heterocycles. The molecule has 132 valence electrons. The van der Waals surface area contributed by atoms with E-state index < -0.39 is 5.97 Å². The Labute approximate surface area is 151 Å². The van der Waals surface area contributed by atoms with Crippen LogP contribution in [0.5, 0.6) is 0 Å². The SMILES string of the molecule is CCOC(=O)c1c2c(c(=O)n(C)c1Nc1ccc(C)cc1Cl)CCC2. The van der Waals surface area contributed by atoms with Crippen molar-refractivity contribution in [2.45, 2.75) is 33.1 Å². The molecule has 0 saturated carbocycles. The number of anilines is 2. The monoisotopic (exact) mass is 360 g/mol. The van der Waals surface area contributed by atoms with Crippen LogP contribution in [-0.2, 0) is 24.6 Å². The van der Waals surface area contributed by atoms with E-state index in [0.29, 0.717) is 40.5 Å². The Kier molecular flexibility index (Phi) is 4.86. The first-order chi connectivity index (χ1) is 11.9. The minimum absolute atomic E-state index is 0.0775. The first-order valence-corrected chi connectivity index (χ1v) is 8.76. The Bertz CT molecular complexity index is 903. The van der Waals surface area contributed by atoms with Crippen molar-refractivity contribution in [3.05, 3.63) is 55.8 Å². The Morgan fingerprint density at radius 1 is 1.32 bits per heavy atom. The standard InChI is InChI=1S/C19H21ClN2O3/c1-4-25-19(24)16-12-6-5-7-13(12)18(23)22(3)17(16)21-15-9-8-11(2)10-14(15)20/h8-10,21H,4-7H2,1-3H3. The summed E-state index contributed by atoms with van der Waals surface area (Å²) in [6.07, 6.45) is 2.27. The summed E-state index contributed by atoms with van der Waals surface area (Å²) >= 11 is 6.32. The number of hydrogen-bond donors (Lipinski definition) is 1. The lowest BCUT2D eigenvalue weighted by molar-refractivity contribution is 0.0525. The number of carbonyl (C=O) groups is 1. The fourth-order valence-corrected chi connectivity index (χ4v) is 3.57. The van der Waals surface area contributed by atoms with Gasteiger partial charge in [-0.05, 0) is 56.4 Å². The summed E-state index contributed by atoms with van der Waals surface area (Å²) in [5, 5.41) is 3.71. The number of nitrogens with one attached hydrogen (secondary N) is 1. The zero-order chi connectivity index (χ0) is 18.1. The van der Waals surface area contributed by atoms with Gasteiger partial charge in [-0.2, -0.15) is 0 Å². The first kappa shape index (κ1) is 17.5. The normalized spacial score (nSPS) is 12.8. The molecule has 0 saturated heterocycles. The molecule has 0 radical (unpaired) electrons. The third-order valence-corrected chi connectivity index (χ3v) is 4.82. The molecule has 1 aromatic carbocycles. The number of aromatic nitrogens is 1. The molecule has 2 aromatic rings. The Balaban J connectivity index is 2.19. The van der Waals surface area contributed by atoms with E-state index in [-0.39, 0.29) is 12.2 Å². The number of halogens is 1. The molecule has 1 N–H and O–H groups in total. The van der Waals surface area contributed by atoms with Gasteiger partial charge in [-0.25, -0.2) is 4.79 Å². The second kappa shape index (κ2) is 6.92. The topological polar surface area (TPSA) is 60.3 Å². The summed E-state index contributed by atoms with van der Waals surface area (Å²) < 4.78 is 6.73. The number of pyridine rings is 1. The maximum Gasteiger partial charge on any atom is 0.342 e. The summed E-state index contributed by atoms with van der Waals surface area (Å²) in [7, 11) is 1.66. The van der Waals surface area contributed by atoms with E-state index in [1.165, 1.54) is 4.57 Å². The number of nitrogens with zero attached hydrogens (tertiary/aromatic N) is 1. The quantitative estimate of drug-likeness (QED) is 0.843. The molecule has 0 bridgehead atoms. The van der Waals surface area contributed by atoms with Crippen molar-refractivity contribution in [2.75, 3.05) is 11.9 Å². The van der Waals surface area contributed by atoms with E-state index in [1.54, 1.807) is 14.0 Å². The van der Waals surface area contributed by atoms with Gasteiger partial charge in [0.2, 0.25) is 0 Å². The van der Waals surface area contributed by atoms with E-state index in [0.717, 1.165) is 17.5 Å². The fourth-order valence-electron chi connectivity index (χ4n) is 3.29.